The number of pyridine rings is 2. The van der Waals surface area contributed by atoms with Gasteiger partial charge in [-0.3, -0.25) is 9.59 Å². The maximum atomic E-state index is 13.5. The van der Waals surface area contributed by atoms with Crippen molar-refractivity contribution in [1.29, 1.82) is 0 Å². The van der Waals surface area contributed by atoms with Crippen molar-refractivity contribution in [2.45, 2.75) is 109 Å². The van der Waals surface area contributed by atoms with Gasteiger partial charge in [-0.1, -0.05) is 134 Å². The number of ether oxygens (including phenoxy) is 7. The molecular formula is C65H76N4O13. The predicted octanol–water partition coefficient (Wildman–Crippen LogP) is 9.67. The predicted molar refractivity (Wildman–Crippen MR) is 307 cm³/mol. The van der Waals surface area contributed by atoms with Gasteiger partial charge in [0.1, 0.15) is 30.9 Å². The summed E-state index contributed by atoms with van der Waals surface area (Å²) in [5.74, 6) is -2.15. The van der Waals surface area contributed by atoms with Crippen LogP contribution in [0.5, 0.6) is 23.0 Å². The lowest BCUT2D eigenvalue weighted by molar-refractivity contribution is -0.156. The number of aromatic nitrogens is 2. The first-order valence-corrected chi connectivity index (χ1v) is 28.1. The molecule has 0 saturated carbocycles. The van der Waals surface area contributed by atoms with E-state index in [4.69, 9.17) is 33.2 Å². The van der Waals surface area contributed by atoms with Crippen molar-refractivity contribution in [3.8, 4) is 23.0 Å². The van der Waals surface area contributed by atoms with E-state index in [1.54, 1.807) is 6.92 Å². The maximum absolute atomic E-state index is 13.5. The highest BCUT2D eigenvalue weighted by molar-refractivity contribution is 5.98. The molecule has 8 atom stereocenters. The standard InChI is InChI=1S/C35H42N2O8.C30H34N2O5/c1-4-42-22-31(38)43-23-44-33-30(41-3)18-19-36-32(33)34(39)37-29-17-11-16-27(20-25-12-7-5-8-13-25)28(24(2)45-35(29)40)21-26-14-9-6-10-15-26;1-20-24(19-22-12-7-4-8-13-22)23(18-21-10-5-3-6-11-21)14-9-15-25(30(35)37-20)32-29(34)27-28(33)26(36-2)16-17-31-27/h5-10,12-15,18-19,24,27-29H,4,11,16-17,20-23H2,1-3H3,(H,37,39);3-8,10-13,16-17,20,23-25,33H,9,14-15,18-19H2,1-2H3,(H,32,34)/t24-,27+,28-,29-;20-,23+,24-,25-/m00/s1. The number of aromatic hydroxyl groups is 1. The summed E-state index contributed by atoms with van der Waals surface area (Å²) in [4.78, 5) is 73.2. The molecule has 434 valence electrons. The minimum absolute atomic E-state index is 0.0163. The van der Waals surface area contributed by atoms with E-state index >= 15 is 0 Å². The number of nitrogens with zero attached hydrogens (tertiary/aromatic N) is 2. The molecule has 8 rings (SSSR count). The van der Waals surface area contributed by atoms with Crippen LogP contribution in [-0.4, -0.2) is 103 Å². The number of nitrogens with one attached hydrogen (secondary N) is 2. The molecule has 0 spiro atoms. The maximum Gasteiger partial charge on any atom is 0.334 e. The van der Waals surface area contributed by atoms with Gasteiger partial charge in [0.25, 0.3) is 11.8 Å². The molecule has 17 nitrogen and oxygen atoms in total. The molecule has 4 aromatic carbocycles. The molecule has 2 amide bonds. The summed E-state index contributed by atoms with van der Waals surface area (Å²) in [6, 6.07) is 42.5. The van der Waals surface area contributed by atoms with E-state index in [1.807, 2.05) is 86.6 Å². The van der Waals surface area contributed by atoms with E-state index in [-0.39, 0.29) is 71.0 Å². The van der Waals surface area contributed by atoms with E-state index in [0.29, 0.717) is 31.8 Å². The SMILES string of the molecule is CCOCC(=O)OCOc1c(OC)ccnc1C(=O)N[C@H]1CCC[C@H](Cc2ccccc2)[C@@H](Cc2ccccc2)[C@H](C)OC1=O.COc1ccnc(C(=O)N[C@H]2CCC[C@H](Cc3ccccc3)[C@@H](Cc3ccccc3)[C@H](C)OC2=O)c1O. The van der Waals surface area contributed by atoms with Crippen LogP contribution in [0.3, 0.4) is 0 Å². The highest BCUT2D eigenvalue weighted by Gasteiger charge is 2.37. The second-order valence-electron chi connectivity index (χ2n) is 20.6. The Bertz CT molecular complexity index is 2970. The number of hydrogen-bond acceptors (Lipinski definition) is 15. The van der Waals surface area contributed by atoms with Gasteiger partial charge in [-0.25, -0.2) is 24.4 Å². The average Bonchev–Trinajstić information content (AvgIpc) is 3.80. The lowest BCUT2D eigenvalue weighted by atomic mass is 9.77. The molecule has 0 aliphatic carbocycles. The fraction of sp³-hybridized carbons (Fsp3) is 0.400. The number of cyclic esters (lactones) is 2. The van der Waals surface area contributed by atoms with Crippen LogP contribution in [0.15, 0.2) is 146 Å². The Morgan fingerprint density at radius 2 is 0.988 bits per heavy atom. The van der Waals surface area contributed by atoms with Gasteiger partial charge < -0.3 is 48.9 Å². The molecule has 4 heterocycles. The smallest absolute Gasteiger partial charge is 0.334 e. The lowest BCUT2D eigenvalue weighted by Crippen LogP contribution is -2.43. The topological polar surface area (TPSA) is 220 Å². The molecule has 2 aliphatic heterocycles. The summed E-state index contributed by atoms with van der Waals surface area (Å²) in [5.41, 5.74) is 4.59. The van der Waals surface area contributed by atoms with Gasteiger partial charge in [-0.05, 0) is 106 Å². The van der Waals surface area contributed by atoms with Gasteiger partial charge in [-0.2, -0.15) is 0 Å². The second kappa shape index (κ2) is 31.6. The van der Waals surface area contributed by atoms with E-state index in [0.717, 1.165) is 44.9 Å². The summed E-state index contributed by atoms with van der Waals surface area (Å²) < 4.78 is 38.2. The number of methoxy groups -OCH3 is 2. The van der Waals surface area contributed by atoms with Crippen LogP contribution in [0.2, 0.25) is 0 Å². The first-order chi connectivity index (χ1) is 39.8. The van der Waals surface area contributed by atoms with Crippen LogP contribution < -0.4 is 24.8 Å². The van der Waals surface area contributed by atoms with Crippen molar-refractivity contribution in [3.63, 3.8) is 0 Å². The quantitative estimate of drug-likeness (QED) is 0.0368. The number of benzene rings is 4. The number of carbonyl (C=O) groups is 5. The minimum atomic E-state index is -0.891. The fourth-order valence-corrected chi connectivity index (χ4v) is 10.8. The molecule has 3 N–H and O–H groups in total. The number of hydrogen-bond donors (Lipinski definition) is 3. The van der Waals surface area contributed by atoms with Crippen LogP contribution >= 0.6 is 0 Å². The Balaban J connectivity index is 0.000000240. The van der Waals surface area contributed by atoms with E-state index in [9.17, 15) is 29.1 Å². The Hall–Kier alpha value is -8.31. The molecule has 0 unspecified atom stereocenters. The molecular weight excluding hydrogens is 1040 g/mol. The summed E-state index contributed by atoms with van der Waals surface area (Å²) in [7, 11) is 2.81. The number of rotatable bonds is 20. The van der Waals surface area contributed by atoms with Gasteiger partial charge in [0.05, 0.1) is 14.2 Å². The van der Waals surface area contributed by atoms with Crippen LogP contribution in [0.1, 0.15) is 103 Å². The molecule has 17 heteroatoms. The lowest BCUT2D eigenvalue weighted by Gasteiger charge is -2.31. The van der Waals surface area contributed by atoms with Gasteiger partial charge in [0, 0.05) is 43.0 Å². The van der Waals surface area contributed by atoms with E-state index in [2.05, 4.69) is 69.1 Å². The molecule has 2 fully saturated rings. The molecule has 2 saturated heterocycles. The number of amides is 2. The van der Waals surface area contributed by atoms with Crippen molar-refractivity contribution in [1.82, 2.24) is 20.6 Å². The third kappa shape index (κ3) is 17.8. The minimum Gasteiger partial charge on any atom is -0.503 e. The molecule has 0 bridgehead atoms. The molecule has 2 aromatic heterocycles. The summed E-state index contributed by atoms with van der Waals surface area (Å²) in [6.45, 7) is 5.30. The Labute approximate surface area is 480 Å². The average molecular weight is 1120 g/mol. The Kier molecular flexibility index (Phi) is 23.6. The third-order valence-electron chi connectivity index (χ3n) is 15.1. The van der Waals surface area contributed by atoms with Crippen molar-refractivity contribution in [2.75, 3.05) is 34.2 Å². The molecule has 0 radical (unpaired) electrons. The van der Waals surface area contributed by atoms with Crippen molar-refractivity contribution in [3.05, 3.63) is 179 Å². The monoisotopic (exact) mass is 1120 g/mol. The van der Waals surface area contributed by atoms with Gasteiger partial charge >= 0.3 is 17.9 Å². The Morgan fingerprint density at radius 3 is 1.43 bits per heavy atom. The van der Waals surface area contributed by atoms with Gasteiger partial charge in [0.2, 0.25) is 6.79 Å². The van der Waals surface area contributed by atoms with Crippen LogP contribution in [0.4, 0.5) is 0 Å². The summed E-state index contributed by atoms with van der Waals surface area (Å²) >= 11 is 0. The number of esters is 3. The highest BCUT2D eigenvalue weighted by Crippen LogP contribution is 2.36. The van der Waals surface area contributed by atoms with Crippen molar-refractivity contribution < 1.29 is 62.2 Å². The van der Waals surface area contributed by atoms with Crippen molar-refractivity contribution in [2.24, 2.45) is 23.7 Å². The molecule has 2 aliphatic rings. The molecule has 82 heavy (non-hydrogen) atoms. The first-order valence-electron chi connectivity index (χ1n) is 28.1. The summed E-state index contributed by atoms with van der Waals surface area (Å²) in [5, 5.41) is 15.9. The Morgan fingerprint density at radius 1 is 0.573 bits per heavy atom. The van der Waals surface area contributed by atoms with E-state index in [1.165, 1.54) is 61.0 Å². The fourth-order valence-electron chi connectivity index (χ4n) is 10.8. The van der Waals surface area contributed by atoms with Crippen molar-refractivity contribution >= 4 is 29.7 Å². The third-order valence-corrected chi connectivity index (χ3v) is 15.1. The zero-order valence-corrected chi connectivity index (χ0v) is 47.4. The second-order valence-corrected chi connectivity index (χ2v) is 20.6. The van der Waals surface area contributed by atoms with Crippen LogP contribution in [0, 0.1) is 23.7 Å². The molecule has 6 aromatic rings. The van der Waals surface area contributed by atoms with Crippen LogP contribution in [-0.2, 0) is 59.0 Å². The zero-order chi connectivity index (χ0) is 58.2. The van der Waals surface area contributed by atoms with Crippen LogP contribution in [0.25, 0.3) is 0 Å². The van der Waals surface area contributed by atoms with Gasteiger partial charge in [0.15, 0.2) is 34.4 Å². The number of carbonyl (C=O) groups excluding carboxylic acids is 5. The van der Waals surface area contributed by atoms with Gasteiger partial charge in [-0.15, -0.1) is 0 Å². The first kappa shape index (κ1) is 61.3. The largest absolute Gasteiger partial charge is 0.503 e. The summed E-state index contributed by atoms with van der Waals surface area (Å²) in [6.07, 6.45) is 9.40. The van der Waals surface area contributed by atoms with E-state index < -0.39 is 48.6 Å². The normalized spacial score (nSPS) is 21.0. The highest BCUT2D eigenvalue weighted by atomic mass is 16.7. The zero-order valence-electron chi connectivity index (χ0n) is 47.4.